The van der Waals surface area contributed by atoms with Crippen molar-refractivity contribution in [1.82, 2.24) is 0 Å². The molecule has 0 bridgehead atoms. The smallest absolute Gasteiger partial charge is 0.345 e. The molecule has 0 spiro atoms. The topological polar surface area (TPSA) is 78.9 Å². The second kappa shape index (κ2) is 5.26. The predicted octanol–water partition coefficient (Wildman–Crippen LogP) is 0.894. The Morgan fingerprint density at radius 3 is 2.11 bits per heavy atom. The standard InChI is InChI=1S/C11H14O6S/c1-15-7-5-6-8(18(4,13)14)10(16-2)9(7)11(12)17-3/h5-6H,1-4H3. The summed E-state index contributed by atoms with van der Waals surface area (Å²) >= 11 is 0. The maximum atomic E-state index is 11.7. The number of hydrogen-bond donors (Lipinski definition) is 0. The Labute approximate surface area is 105 Å². The molecule has 0 saturated carbocycles. The van der Waals surface area contributed by atoms with Crippen molar-refractivity contribution in [1.29, 1.82) is 0 Å². The fourth-order valence-electron chi connectivity index (χ4n) is 1.51. The molecule has 1 aromatic carbocycles. The molecule has 0 aliphatic carbocycles. The lowest BCUT2D eigenvalue weighted by molar-refractivity contribution is 0.0592. The van der Waals surface area contributed by atoms with Crippen molar-refractivity contribution >= 4 is 15.8 Å². The van der Waals surface area contributed by atoms with Gasteiger partial charge in [-0.1, -0.05) is 0 Å². The van der Waals surface area contributed by atoms with Crippen molar-refractivity contribution in [2.45, 2.75) is 4.90 Å². The van der Waals surface area contributed by atoms with Crippen LogP contribution in [-0.2, 0) is 14.6 Å². The van der Waals surface area contributed by atoms with E-state index in [2.05, 4.69) is 4.74 Å². The van der Waals surface area contributed by atoms with Crippen molar-refractivity contribution < 1.29 is 27.4 Å². The molecule has 7 heteroatoms. The fraction of sp³-hybridized carbons (Fsp3) is 0.364. The van der Waals surface area contributed by atoms with Gasteiger partial charge in [-0.3, -0.25) is 0 Å². The number of methoxy groups -OCH3 is 3. The number of carbonyl (C=O) groups excluding carboxylic acids is 1. The summed E-state index contributed by atoms with van der Waals surface area (Å²) in [4.78, 5) is 11.6. The molecule has 18 heavy (non-hydrogen) atoms. The van der Waals surface area contributed by atoms with Crippen LogP contribution in [0.4, 0.5) is 0 Å². The highest BCUT2D eigenvalue weighted by Gasteiger charge is 2.26. The highest BCUT2D eigenvalue weighted by atomic mass is 32.2. The molecule has 0 fully saturated rings. The zero-order valence-electron chi connectivity index (χ0n) is 10.5. The quantitative estimate of drug-likeness (QED) is 0.759. The summed E-state index contributed by atoms with van der Waals surface area (Å²) in [6, 6.07) is 2.70. The van der Waals surface area contributed by atoms with Gasteiger partial charge in [-0.2, -0.15) is 0 Å². The summed E-state index contributed by atoms with van der Waals surface area (Å²) < 4.78 is 37.8. The molecule has 0 aliphatic heterocycles. The molecule has 100 valence electrons. The van der Waals surface area contributed by atoms with E-state index in [0.717, 1.165) is 6.26 Å². The van der Waals surface area contributed by atoms with E-state index in [4.69, 9.17) is 9.47 Å². The largest absolute Gasteiger partial charge is 0.496 e. The van der Waals surface area contributed by atoms with E-state index in [1.165, 1.54) is 33.5 Å². The summed E-state index contributed by atoms with van der Waals surface area (Å²) in [6.07, 6.45) is 1.03. The summed E-state index contributed by atoms with van der Waals surface area (Å²) in [7, 11) is 0.302. The number of ether oxygens (including phenoxy) is 3. The Morgan fingerprint density at radius 2 is 1.72 bits per heavy atom. The molecule has 0 aromatic heterocycles. The lowest BCUT2D eigenvalue weighted by Gasteiger charge is -2.14. The zero-order valence-corrected chi connectivity index (χ0v) is 11.3. The van der Waals surface area contributed by atoms with Gasteiger partial charge in [-0.05, 0) is 12.1 Å². The lowest BCUT2D eigenvalue weighted by atomic mass is 10.1. The molecule has 1 rings (SSSR count). The van der Waals surface area contributed by atoms with Crippen LogP contribution < -0.4 is 9.47 Å². The number of sulfone groups is 1. The van der Waals surface area contributed by atoms with Gasteiger partial charge in [0, 0.05) is 6.26 Å². The number of rotatable bonds is 4. The van der Waals surface area contributed by atoms with Crippen molar-refractivity contribution in [2.24, 2.45) is 0 Å². The average Bonchev–Trinajstić information content (AvgIpc) is 2.34. The molecule has 0 amide bonds. The normalized spacial score (nSPS) is 10.9. The fourth-order valence-corrected chi connectivity index (χ4v) is 2.34. The van der Waals surface area contributed by atoms with Crippen molar-refractivity contribution in [3.63, 3.8) is 0 Å². The Morgan fingerprint density at radius 1 is 1.11 bits per heavy atom. The maximum Gasteiger partial charge on any atom is 0.345 e. The number of carbonyl (C=O) groups is 1. The zero-order chi connectivity index (χ0) is 13.9. The van der Waals surface area contributed by atoms with Crippen molar-refractivity contribution in [2.75, 3.05) is 27.6 Å². The number of esters is 1. The first-order valence-corrected chi connectivity index (χ1v) is 6.79. The van der Waals surface area contributed by atoms with Crippen molar-refractivity contribution in [3.8, 4) is 11.5 Å². The summed E-state index contributed by atoms with van der Waals surface area (Å²) in [5, 5.41) is 0. The van der Waals surface area contributed by atoms with Gasteiger partial charge in [0.15, 0.2) is 15.6 Å². The van der Waals surface area contributed by atoms with Crippen LogP contribution in [0.5, 0.6) is 11.5 Å². The van der Waals surface area contributed by atoms with E-state index in [0.29, 0.717) is 0 Å². The highest BCUT2D eigenvalue weighted by Crippen LogP contribution is 2.35. The van der Waals surface area contributed by atoms with Crippen LogP contribution in [0, 0.1) is 0 Å². The van der Waals surface area contributed by atoms with E-state index >= 15 is 0 Å². The van der Waals surface area contributed by atoms with Crippen LogP contribution in [0.1, 0.15) is 10.4 Å². The van der Waals surface area contributed by atoms with Gasteiger partial charge in [0.2, 0.25) is 0 Å². The van der Waals surface area contributed by atoms with Crippen LogP contribution in [0.25, 0.3) is 0 Å². The Hall–Kier alpha value is -1.76. The first kappa shape index (κ1) is 14.3. The van der Waals surface area contributed by atoms with E-state index in [1.807, 2.05) is 0 Å². The third kappa shape index (κ3) is 2.56. The third-order valence-corrected chi connectivity index (χ3v) is 3.42. The van der Waals surface area contributed by atoms with Gasteiger partial charge in [-0.15, -0.1) is 0 Å². The molecule has 0 saturated heterocycles. The van der Waals surface area contributed by atoms with Crippen LogP contribution >= 0.6 is 0 Å². The monoisotopic (exact) mass is 274 g/mol. The molecule has 0 radical (unpaired) electrons. The molecule has 0 aliphatic rings. The molecular formula is C11H14O6S. The van der Waals surface area contributed by atoms with E-state index in [-0.39, 0.29) is 22.0 Å². The molecular weight excluding hydrogens is 260 g/mol. The van der Waals surface area contributed by atoms with Crippen LogP contribution in [-0.4, -0.2) is 42.0 Å². The Bertz CT molecular complexity index is 561. The lowest BCUT2D eigenvalue weighted by Crippen LogP contribution is -2.10. The minimum absolute atomic E-state index is 0.0505. The Kier molecular flexibility index (Phi) is 4.18. The average molecular weight is 274 g/mol. The molecule has 1 aromatic rings. The van der Waals surface area contributed by atoms with Gasteiger partial charge in [-0.25, -0.2) is 13.2 Å². The minimum Gasteiger partial charge on any atom is -0.496 e. The maximum absolute atomic E-state index is 11.7. The summed E-state index contributed by atoms with van der Waals surface area (Å²) in [5.41, 5.74) is -0.0505. The molecule has 0 N–H and O–H groups in total. The minimum atomic E-state index is -3.52. The summed E-state index contributed by atoms with van der Waals surface area (Å²) in [6.45, 7) is 0. The van der Waals surface area contributed by atoms with Gasteiger partial charge in [0.05, 0.1) is 21.3 Å². The number of hydrogen-bond acceptors (Lipinski definition) is 6. The Balaban J connectivity index is 3.68. The first-order chi connectivity index (χ1) is 8.36. The molecule has 0 heterocycles. The van der Waals surface area contributed by atoms with E-state index in [9.17, 15) is 13.2 Å². The van der Waals surface area contributed by atoms with Gasteiger partial charge >= 0.3 is 5.97 Å². The SMILES string of the molecule is COC(=O)c1c(OC)ccc(S(C)(=O)=O)c1OC. The number of benzene rings is 1. The van der Waals surface area contributed by atoms with Crippen LogP contribution in [0.15, 0.2) is 17.0 Å². The van der Waals surface area contributed by atoms with E-state index in [1.54, 1.807) is 0 Å². The highest BCUT2D eigenvalue weighted by molar-refractivity contribution is 7.90. The third-order valence-electron chi connectivity index (χ3n) is 2.30. The van der Waals surface area contributed by atoms with Gasteiger partial charge in [0.1, 0.15) is 16.2 Å². The molecule has 0 atom stereocenters. The second-order valence-electron chi connectivity index (χ2n) is 3.44. The van der Waals surface area contributed by atoms with Crippen LogP contribution in [0.2, 0.25) is 0 Å². The second-order valence-corrected chi connectivity index (χ2v) is 5.42. The van der Waals surface area contributed by atoms with Gasteiger partial charge < -0.3 is 14.2 Å². The molecule has 6 nitrogen and oxygen atoms in total. The predicted molar refractivity (Wildman–Crippen MR) is 64.0 cm³/mol. The first-order valence-electron chi connectivity index (χ1n) is 4.90. The van der Waals surface area contributed by atoms with E-state index < -0.39 is 15.8 Å². The summed E-state index contributed by atoms with van der Waals surface area (Å²) in [5.74, 6) is -0.621. The molecule has 0 unspecified atom stereocenters. The van der Waals surface area contributed by atoms with Gasteiger partial charge in [0.25, 0.3) is 0 Å². The van der Waals surface area contributed by atoms with Crippen LogP contribution in [0.3, 0.4) is 0 Å². The van der Waals surface area contributed by atoms with Crippen molar-refractivity contribution in [3.05, 3.63) is 17.7 Å².